The standard InChI is InChI=1S/C19H30N4.C5H10O/c1-14(2)22-12-17-8-9-18(13-22)23(17)19-20-10-16(11-21-19)15-6-4-3-5-7-15;1-4(2)5(3)6/h10-11,14-15,17-18H,3-9,12-13H2,1-2H3;4H,1-3H3. The molecule has 0 radical (unpaired) electrons. The van der Waals surface area contributed by atoms with E-state index in [0.29, 0.717) is 24.0 Å². The van der Waals surface area contributed by atoms with Gasteiger partial charge < -0.3 is 4.90 Å². The third kappa shape index (κ3) is 5.56. The summed E-state index contributed by atoms with van der Waals surface area (Å²) < 4.78 is 0. The van der Waals surface area contributed by atoms with E-state index in [4.69, 9.17) is 9.97 Å². The minimum absolute atomic E-state index is 0.213. The van der Waals surface area contributed by atoms with Gasteiger partial charge in [0.25, 0.3) is 0 Å². The van der Waals surface area contributed by atoms with Crippen molar-refractivity contribution in [2.24, 2.45) is 5.92 Å². The number of Topliss-reactive ketones (excluding diaryl/α,β-unsaturated/α-hetero) is 1. The predicted molar refractivity (Wildman–Crippen MR) is 119 cm³/mol. The first kappa shape index (κ1) is 22.2. The maximum Gasteiger partial charge on any atom is 0.225 e. The summed E-state index contributed by atoms with van der Waals surface area (Å²) in [6.45, 7) is 12.3. The molecule has 1 aromatic rings. The van der Waals surface area contributed by atoms with Crippen LogP contribution >= 0.6 is 0 Å². The minimum Gasteiger partial charge on any atom is -0.332 e. The summed E-state index contributed by atoms with van der Waals surface area (Å²) in [6, 6.07) is 1.86. The maximum atomic E-state index is 10.1. The van der Waals surface area contributed by atoms with Crippen molar-refractivity contribution in [1.82, 2.24) is 14.9 Å². The van der Waals surface area contributed by atoms with E-state index in [1.54, 1.807) is 6.92 Å². The summed E-state index contributed by atoms with van der Waals surface area (Å²) in [4.78, 5) is 24.9. The highest BCUT2D eigenvalue weighted by molar-refractivity contribution is 5.77. The largest absolute Gasteiger partial charge is 0.332 e. The van der Waals surface area contributed by atoms with E-state index < -0.39 is 0 Å². The third-order valence-electron chi connectivity index (χ3n) is 7.02. The molecule has 2 saturated heterocycles. The fourth-order valence-corrected chi connectivity index (χ4v) is 4.80. The number of hydrogen-bond donors (Lipinski definition) is 0. The Morgan fingerprint density at radius 1 is 0.931 bits per heavy atom. The Labute approximate surface area is 177 Å². The maximum absolute atomic E-state index is 10.1. The number of piperazine rings is 1. The molecule has 1 saturated carbocycles. The number of hydrogen-bond acceptors (Lipinski definition) is 5. The zero-order valence-electron chi connectivity index (χ0n) is 19.1. The normalized spacial score (nSPS) is 25.3. The average molecular weight is 401 g/mol. The lowest BCUT2D eigenvalue weighted by atomic mass is 9.85. The summed E-state index contributed by atoms with van der Waals surface area (Å²) in [5, 5.41) is 0. The lowest BCUT2D eigenvalue weighted by Crippen LogP contribution is -2.56. The van der Waals surface area contributed by atoms with Crippen molar-refractivity contribution in [1.29, 1.82) is 0 Å². The molecule has 3 fully saturated rings. The molecule has 29 heavy (non-hydrogen) atoms. The Kier molecular flexibility index (Phi) is 7.66. The molecule has 0 spiro atoms. The average Bonchev–Trinajstić information content (AvgIpc) is 2.98. The van der Waals surface area contributed by atoms with E-state index >= 15 is 0 Å². The molecule has 1 aliphatic carbocycles. The van der Waals surface area contributed by atoms with Gasteiger partial charge in [-0.05, 0) is 57.9 Å². The molecule has 3 aliphatic rings. The fraction of sp³-hybridized carbons (Fsp3) is 0.792. The summed E-state index contributed by atoms with van der Waals surface area (Å²) in [5.41, 5.74) is 1.36. The number of nitrogens with zero attached hydrogens (tertiary/aromatic N) is 4. The Bertz CT molecular complexity index is 637. The Balaban J connectivity index is 0.000000353. The van der Waals surface area contributed by atoms with Crippen LogP contribution < -0.4 is 4.90 Å². The molecule has 2 unspecified atom stereocenters. The monoisotopic (exact) mass is 400 g/mol. The van der Waals surface area contributed by atoms with Gasteiger partial charge in [0.15, 0.2) is 0 Å². The Morgan fingerprint density at radius 3 is 1.90 bits per heavy atom. The number of carbonyl (C=O) groups excluding carboxylic acids is 1. The molecule has 5 nitrogen and oxygen atoms in total. The van der Waals surface area contributed by atoms with Crippen LogP contribution in [-0.2, 0) is 4.79 Å². The molecule has 2 atom stereocenters. The number of anilines is 1. The van der Waals surface area contributed by atoms with Crippen molar-refractivity contribution >= 4 is 11.7 Å². The van der Waals surface area contributed by atoms with Crippen LogP contribution in [0.3, 0.4) is 0 Å². The third-order valence-corrected chi connectivity index (χ3v) is 7.02. The first-order chi connectivity index (χ1) is 13.9. The number of rotatable bonds is 4. The van der Waals surface area contributed by atoms with Gasteiger partial charge in [0.1, 0.15) is 5.78 Å². The van der Waals surface area contributed by atoms with Gasteiger partial charge in [-0.3, -0.25) is 9.69 Å². The van der Waals surface area contributed by atoms with Crippen molar-refractivity contribution in [3.05, 3.63) is 18.0 Å². The van der Waals surface area contributed by atoms with Crippen LogP contribution in [0.15, 0.2) is 12.4 Å². The van der Waals surface area contributed by atoms with E-state index in [-0.39, 0.29) is 11.7 Å². The summed E-state index contributed by atoms with van der Waals surface area (Å²) >= 11 is 0. The van der Waals surface area contributed by atoms with Gasteiger partial charge >= 0.3 is 0 Å². The Morgan fingerprint density at radius 2 is 1.45 bits per heavy atom. The molecule has 1 aromatic heterocycles. The topological polar surface area (TPSA) is 49.3 Å². The van der Waals surface area contributed by atoms with Gasteiger partial charge in [-0.2, -0.15) is 0 Å². The van der Waals surface area contributed by atoms with E-state index in [1.807, 2.05) is 13.8 Å². The molecule has 0 aromatic carbocycles. The Hall–Kier alpha value is -1.49. The first-order valence-electron chi connectivity index (χ1n) is 11.7. The second kappa shape index (κ2) is 10.0. The quantitative estimate of drug-likeness (QED) is 0.725. The van der Waals surface area contributed by atoms with Crippen LogP contribution in [0.2, 0.25) is 0 Å². The summed E-state index contributed by atoms with van der Waals surface area (Å²) in [6.07, 6.45) is 13.6. The van der Waals surface area contributed by atoms with Crippen LogP contribution in [0.25, 0.3) is 0 Å². The molecule has 4 rings (SSSR count). The van der Waals surface area contributed by atoms with E-state index in [1.165, 1.54) is 63.6 Å². The van der Waals surface area contributed by atoms with Crippen LogP contribution in [0.5, 0.6) is 0 Å². The first-order valence-corrected chi connectivity index (χ1v) is 11.7. The second-order valence-electron chi connectivity index (χ2n) is 9.76. The molecule has 0 N–H and O–H groups in total. The smallest absolute Gasteiger partial charge is 0.225 e. The summed E-state index contributed by atoms with van der Waals surface area (Å²) in [5.74, 6) is 2.15. The van der Waals surface area contributed by atoms with Gasteiger partial charge in [0.2, 0.25) is 5.95 Å². The van der Waals surface area contributed by atoms with E-state index in [2.05, 4.69) is 36.0 Å². The molecular formula is C24H40N4O. The van der Waals surface area contributed by atoms with Gasteiger partial charge in [-0.25, -0.2) is 9.97 Å². The van der Waals surface area contributed by atoms with Gasteiger partial charge in [-0.15, -0.1) is 0 Å². The van der Waals surface area contributed by atoms with Crippen molar-refractivity contribution < 1.29 is 4.79 Å². The molecule has 5 heteroatoms. The predicted octanol–water partition coefficient (Wildman–Crippen LogP) is 4.82. The number of aromatic nitrogens is 2. The summed E-state index contributed by atoms with van der Waals surface area (Å²) in [7, 11) is 0. The zero-order valence-corrected chi connectivity index (χ0v) is 19.1. The molecule has 2 bridgehead atoms. The molecule has 0 amide bonds. The highest BCUT2D eigenvalue weighted by atomic mass is 16.1. The molecule has 3 heterocycles. The van der Waals surface area contributed by atoms with Gasteiger partial charge in [0, 0.05) is 49.5 Å². The van der Waals surface area contributed by atoms with Crippen LogP contribution in [0.1, 0.15) is 91.0 Å². The highest BCUT2D eigenvalue weighted by Gasteiger charge is 2.41. The SMILES string of the molecule is CC(=O)C(C)C.CC(C)N1CC2CCC(C1)N2c1ncc(C2CCCCC2)cn1. The minimum atomic E-state index is 0.213. The van der Waals surface area contributed by atoms with Crippen molar-refractivity contribution in [2.45, 2.75) is 104 Å². The second-order valence-corrected chi connectivity index (χ2v) is 9.76. The van der Waals surface area contributed by atoms with Gasteiger partial charge in [0.05, 0.1) is 0 Å². The van der Waals surface area contributed by atoms with Crippen molar-refractivity contribution in [3.63, 3.8) is 0 Å². The van der Waals surface area contributed by atoms with E-state index in [9.17, 15) is 4.79 Å². The van der Waals surface area contributed by atoms with Crippen molar-refractivity contribution in [3.8, 4) is 0 Å². The fourth-order valence-electron chi connectivity index (χ4n) is 4.80. The van der Waals surface area contributed by atoms with Crippen LogP contribution in [-0.4, -0.2) is 51.9 Å². The number of fused-ring (bicyclic) bond motifs is 2. The van der Waals surface area contributed by atoms with Gasteiger partial charge in [-0.1, -0.05) is 33.1 Å². The lowest BCUT2D eigenvalue weighted by Gasteiger charge is -2.42. The molecule has 162 valence electrons. The number of ketones is 1. The lowest BCUT2D eigenvalue weighted by molar-refractivity contribution is -0.119. The van der Waals surface area contributed by atoms with Crippen LogP contribution in [0, 0.1) is 5.92 Å². The number of carbonyl (C=O) groups is 1. The number of likely N-dealkylation sites (tertiary alicyclic amines) is 1. The van der Waals surface area contributed by atoms with Crippen molar-refractivity contribution in [2.75, 3.05) is 18.0 Å². The zero-order chi connectivity index (χ0) is 21.0. The highest BCUT2D eigenvalue weighted by Crippen LogP contribution is 2.35. The van der Waals surface area contributed by atoms with Crippen LogP contribution in [0.4, 0.5) is 5.95 Å². The van der Waals surface area contributed by atoms with E-state index in [0.717, 1.165) is 5.95 Å². The molecular weight excluding hydrogens is 360 g/mol. The molecule has 2 aliphatic heterocycles.